The lowest BCUT2D eigenvalue weighted by Crippen LogP contribution is -2.35. The van der Waals surface area contributed by atoms with Gasteiger partial charge in [0, 0.05) is 36.9 Å². The van der Waals surface area contributed by atoms with E-state index in [1.54, 1.807) is 41.6 Å². The first-order chi connectivity index (χ1) is 12.6. The molecule has 1 N–H and O–H groups in total. The van der Waals surface area contributed by atoms with Gasteiger partial charge in [-0.25, -0.2) is 0 Å². The Kier molecular flexibility index (Phi) is 6.07. The number of halogens is 1. The molecule has 3 rings (SSSR count). The van der Waals surface area contributed by atoms with Crippen LogP contribution in [-0.2, 0) is 16.1 Å². The van der Waals surface area contributed by atoms with E-state index in [4.69, 9.17) is 16.3 Å². The Morgan fingerprint density at radius 3 is 2.69 bits per heavy atom. The highest BCUT2D eigenvalue weighted by atomic mass is 35.5. The number of nitrogens with zero attached hydrogens (tertiary/aromatic N) is 2. The third kappa shape index (κ3) is 4.95. The minimum absolute atomic E-state index is 0.000577. The number of amides is 2. The molecule has 0 unspecified atom stereocenters. The second kappa shape index (κ2) is 8.67. The van der Waals surface area contributed by atoms with Gasteiger partial charge in [-0.1, -0.05) is 11.6 Å². The molecule has 7 heteroatoms. The quantitative estimate of drug-likeness (QED) is 0.756. The van der Waals surface area contributed by atoms with Crippen LogP contribution in [-0.4, -0.2) is 41.4 Å². The number of hydrogen-bond donors (Lipinski definition) is 1. The van der Waals surface area contributed by atoms with Crippen molar-refractivity contribution in [1.82, 2.24) is 15.2 Å². The van der Waals surface area contributed by atoms with Crippen LogP contribution in [0, 0.1) is 5.92 Å². The number of nitrogens with one attached hydrogen (secondary N) is 1. The molecule has 0 radical (unpaired) electrons. The molecule has 0 bridgehead atoms. The van der Waals surface area contributed by atoms with Crippen LogP contribution in [0.15, 0.2) is 48.8 Å². The third-order valence-corrected chi connectivity index (χ3v) is 4.44. The molecule has 1 aromatic heterocycles. The fraction of sp³-hybridized carbons (Fsp3) is 0.316. The predicted octanol–water partition coefficient (Wildman–Crippen LogP) is 2.28. The van der Waals surface area contributed by atoms with Crippen molar-refractivity contribution in [2.75, 3.05) is 19.7 Å². The summed E-state index contributed by atoms with van der Waals surface area (Å²) in [6.07, 6.45) is 3.64. The smallest absolute Gasteiger partial charge is 0.225 e. The summed E-state index contributed by atoms with van der Waals surface area (Å²) in [4.78, 5) is 30.1. The normalized spacial score (nSPS) is 16.6. The number of pyridine rings is 1. The summed E-state index contributed by atoms with van der Waals surface area (Å²) in [5, 5.41) is 3.48. The van der Waals surface area contributed by atoms with E-state index in [0.29, 0.717) is 37.0 Å². The Morgan fingerprint density at radius 2 is 1.96 bits per heavy atom. The molecule has 6 nitrogen and oxygen atoms in total. The van der Waals surface area contributed by atoms with Crippen LogP contribution in [0.4, 0.5) is 0 Å². The highest BCUT2D eigenvalue weighted by molar-refractivity contribution is 6.30. The van der Waals surface area contributed by atoms with Crippen LogP contribution in [0.5, 0.6) is 5.75 Å². The van der Waals surface area contributed by atoms with Crippen LogP contribution >= 0.6 is 11.6 Å². The van der Waals surface area contributed by atoms with E-state index in [0.717, 1.165) is 5.56 Å². The van der Waals surface area contributed by atoms with Crippen molar-refractivity contribution in [2.45, 2.75) is 13.0 Å². The van der Waals surface area contributed by atoms with E-state index in [-0.39, 0.29) is 24.2 Å². The molecule has 136 valence electrons. The van der Waals surface area contributed by atoms with Gasteiger partial charge >= 0.3 is 0 Å². The Bertz CT molecular complexity index is 752. The maximum Gasteiger partial charge on any atom is 0.225 e. The summed E-state index contributed by atoms with van der Waals surface area (Å²) >= 11 is 5.81. The van der Waals surface area contributed by atoms with Gasteiger partial charge in [-0.05, 0) is 42.0 Å². The van der Waals surface area contributed by atoms with Crippen molar-refractivity contribution in [3.8, 4) is 5.75 Å². The number of carbonyl (C=O) groups is 2. The van der Waals surface area contributed by atoms with Crippen molar-refractivity contribution >= 4 is 23.4 Å². The first-order valence-electron chi connectivity index (χ1n) is 8.44. The summed E-state index contributed by atoms with van der Waals surface area (Å²) in [6.45, 7) is 1.68. The van der Waals surface area contributed by atoms with Gasteiger partial charge in [0.05, 0.1) is 12.5 Å². The predicted molar refractivity (Wildman–Crippen MR) is 97.7 cm³/mol. The second-order valence-corrected chi connectivity index (χ2v) is 6.56. The lowest BCUT2D eigenvalue weighted by molar-refractivity contribution is -0.129. The molecule has 26 heavy (non-hydrogen) atoms. The summed E-state index contributed by atoms with van der Waals surface area (Å²) in [6, 6.07) is 10.8. The van der Waals surface area contributed by atoms with E-state index in [2.05, 4.69) is 10.3 Å². The molecule has 1 aliphatic rings. The molecule has 0 saturated carbocycles. The summed E-state index contributed by atoms with van der Waals surface area (Å²) in [7, 11) is 0. The lowest BCUT2D eigenvalue weighted by atomic mass is 10.1. The second-order valence-electron chi connectivity index (χ2n) is 6.12. The Morgan fingerprint density at radius 1 is 1.23 bits per heavy atom. The minimum Gasteiger partial charge on any atom is -0.492 e. The highest BCUT2D eigenvalue weighted by Gasteiger charge is 2.33. The van der Waals surface area contributed by atoms with Gasteiger partial charge in [0.15, 0.2) is 0 Å². The summed E-state index contributed by atoms with van der Waals surface area (Å²) < 4.78 is 5.54. The van der Waals surface area contributed by atoms with E-state index >= 15 is 0 Å². The van der Waals surface area contributed by atoms with Gasteiger partial charge < -0.3 is 15.0 Å². The zero-order valence-corrected chi connectivity index (χ0v) is 15.0. The zero-order valence-electron chi connectivity index (χ0n) is 14.2. The number of aromatic nitrogens is 1. The van der Waals surface area contributed by atoms with E-state index < -0.39 is 0 Å². The average Bonchev–Trinajstić information content (AvgIpc) is 3.01. The zero-order chi connectivity index (χ0) is 18.4. The fourth-order valence-electron chi connectivity index (χ4n) is 2.83. The van der Waals surface area contributed by atoms with Gasteiger partial charge in [-0.3, -0.25) is 14.6 Å². The number of rotatable bonds is 7. The molecule has 1 aromatic carbocycles. The first-order valence-corrected chi connectivity index (χ1v) is 8.82. The van der Waals surface area contributed by atoms with Crippen molar-refractivity contribution < 1.29 is 14.3 Å². The molecule has 2 amide bonds. The van der Waals surface area contributed by atoms with Crippen molar-refractivity contribution in [3.63, 3.8) is 0 Å². The molecule has 2 aromatic rings. The molecular weight excluding hydrogens is 354 g/mol. The number of likely N-dealkylation sites (tertiary alicyclic amines) is 1. The average molecular weight is 374 g/mol. The van der Waals surface area contributed by atoms with Gasteiger partial charge in [0.25, 0.3) is 0 Å². The van der Waals surface area contributed by atoms with Crippen molar-refractivity contribution in [1.29, 1.82) is 0 Å². The van der Waals surface area contributed by atoms with Gasteiger partial charge in [0.2, 0.25) is 11.8 Å². The monoisotopic (exact) mass is 373 g/mol. The maximum absolute atomic E-state index is 12.3. The molecule has 1 aliphatic heterocycles. The van der Waals surface area contributed by atoms with Crippen LogP contribution < -0.4 is 10.1 Å². The standard InChI is InChI=1S/C19H20ClN3O3/c20-16-1-3-17(4-2-16)26-10-9-22-19(25)15-11-18(24)23(13-15)12-14-5-7-21-8-6-14/h1-8,15H,9-13H2,(H,22,25)/t15-/m0/s1. The fourth-order valence-corrected chi connectivity index (χ4v) is 2.95. The largest absolute Gasteiger partial charge is 0.492 e. The van der Waals surface area contributed by atoms with Gasteiger partial charge in [0.1, 0.15) is 12.4 Å². The van der Waals surface area contributed by atoms with Crippen LogP contribution in [0.2, 0.25) is 5.02 Å². The van der Waals surface area contributed by atoms with E-state index in [1.165, 1.54) is 0 Å². The van der Waals surface area contributed by atoms with Gasteiger partial charge in [-0.2, -0.15) is 0 Å². The highest BCUT2D eigenvalue weighted by Crippen LogP contribution is 2.20. The molecule has 0 spiro atoms. The molecule has 1 atom stereocenters. The topological polar surface area (TPSA) is 71.5 Å². The van der Waals surface area contributed by atoms with Gasteiger partial charge in [-0.15, -0.1) is 0 Å². The van der Waals surface area contributed by atoms with Crippen molar-refractivity contribution in [3.05, 3.63) is 59.4 Å². The lowest BCUT2D eigenvalue weighted by Gasteiger charge is -2.16. The number of hydrogen-bond acceptors (Lipinski definition) is 4. The Labute approximate surface area is 157 Å². The first kappa shape index (κ1) is 18.2. The Balaban J connectivity index is 1.41. The van der Waals surface area contributed by atoms with E-state index in [9.17, 15) is 9.59 Å². The SMILES string of the molecule is O=C(NCCOc1ccc(Cl)cc1)[C@H]1CC(=O)N(Cc2ccncc2)C1. The molecule has 2 heterocycles. The maximum atomic E-state index is 12.3. The molecule has 0 aliphatic carbocycles. The number of benzene rings is 1. The summed E-state index contributed by atoms with van der Waals surface area (Å²) in [5.74, 6) is 0.262. The van der Waals surface area contributed by atoms with Crippen LogP contribution in [0.25, 0.3) is 0 Å². The number of carbonyl (C=O) groups excluding carboxylic acids is 2. The molecular formula is C19H20ClN3O3. The van der Waals surface area contributed by atoms with Crippen LogP contribution in [0.3, 0.4) is 0 Å². The molecule has 1 saturated heterocycles. The molecule has 1 fully saturated rings. The van der Waals surface area contributed by atoms with Crippen molar-refractivity contribution in [2.24, 2.45) is 5.92 Å². The summed E-state index contributed by atoms with van der Waals surface area (Å²) in [5.41, 5.74) is 1.01. The third-order valence-electron chi connectivity index (χ3n) is 4.19. The van der Waals surface area contributed by atoms with E-state index in [1.807, 2.05) is 12.1 Å². The Hall–Kier alpha value is -2.60. The van der Waals surface area contributed by atoms with Crippen LogP contribution in [0.1, 0.15) is 12.0 Å². The number of ether oxygens (including phenoxy) is 1. The minimum atomic E-state index is -0.320.